The fourth-order valence-corrected chi connectivity index (χ4v) is 10.2. The molecule has 14 heteroatoms. The molecule has 252 valence electrons. The molecule has 3 aromatic rings. The Morgan fingerprint density at radius 3 is 2.91 bits per heavy atom. The quantitative estimate of drug-likeness (QED) is 0.397. The average molecular weight is 669 g/mol. The monoisotopic (exact) mass is 668 g/mol. The van der Waals surface area contributed by atoms with Crippen molar-refractivity contribution in [2.75, 3.05) is 44.2 Å². The molecule has 5 unspecified atom stereocenters. The molecule has 0 amide bonds. The summed E-state index contributed by atoms with van der Waals surface area (Å²) in [5.41, 5.74) is 7.96. The topological polar surface area (TPSA) is 109 Å². The van der Waals surface area contributed by atoms with E-state index in [-0.39, 0.29) is 58.8 Å². The van der Waals surface area contributed by atoms with Crippen molar-refractivity contribution in [3.05, 3.63) is 29.6 Å². The molecule has 0 aromatic carbocycles. The third-order valence-electron chi connectivity index (χ3n) is 12.1. The van der Waals surface area contributed by atoms with Crippen LogP contribution in [0.2, 0.25) is 0 Å². The van der Waals surface area contributed by atoms with Gasteiger partial charge in [-0.25, -0.2) is 8.78 Å². The molecule has 8 bridgehead atoms. The second-order valence-electron chi connectivity index (χ2n) is 14.8. The van der Waals surface area contributed by atoms with Crippen molar-refractivity contribution in [1.82, 2.24) is 45.7 Å². The van der Waals surface area contributed by atoms with Crippen molar-refractivity contribution in [3.8, 4) is 6.01 Å². The van der Waals surface area contributed by atoms with Gasteiger partial charge in [0.1, 0.15) is 24.1 Å². The molecule has 0 spiro atoms. The minimum atomic E-state index is -0.866. The Balaban J connectivity index is 1.18. The predicted molar refractivity (Wildman–Crippen MR) is 173 cm³/mol. The first-order chi connectivity index (χ1) is 23.0. The summed E-state index contributed by atoms with van der Waals surface area (Å²) in [5, 5.41) is 10.0. The fraction of sp³-hybridized carbons (Fsp3) is 0.727. The minimum absolute atomic E-state index is 0.0221. The second kappa shape index (κ2) is 12.0. The summed E-state index contributed by atoms with van der Waals surface area (Å²) in [6, 6.07) is 0.266. The van der Waals surface area contributed by atoms with E-state index in [0.29, 0.717) is 49.5 Å². The summed E-state index contributed by atoms with van der Waals surface area (Å²) in [7, 11) is 0. The summed E-state index contributed by atoms with van der Waals surface area (Å²) in [6.07, 6.45) is 10.6. The molecule has 1 saturated carbocycles. The minimum Gasteiger partial charge on any atom is -0.461 e. The molecule has 10 rings (SSSR count). The van der Waals surface area contributed by atoms with Crippen LogP contribution in [-0.2, 0) is 6.54 Å². The first-order valence-electron chi connectivity index (χ1n) is 17.6. The zero-order chi connectivity index (χ0) is 31.7. The van der Waals surface area contributed by atoms with E-state index in [1.54, 1.807) is 6.20 Å². The van der Waals surface area contributed by atoms with E-state index in [4.69, 9.17) is 36.4 Å². The molecular weight excluding hydrogens is 626 g/mol. The Hall–Kier alpha value is -2.74. The summed E-state index contributed by atoms with van der Waals surface area (Å²) in [4.78, 5) is 20.9. The lowest BCUT2D eigenvalue weighted by Crippen LogP contribution is -2.45. The molecule has 8 atom stereocenters. The van der Waals surface area contributed by atoms with Gasteiger partial charge in [-0.2, -0.15) is 25.0 Å². The van der Waals surface area contributed by atoms with E-state index in [9.17, 15) is 4.39 Å². The fourth-order valence-electron chi connectivity index (χ4n) is 9.77. The molecule has 3 aromatic heterocycles. The van der Waals surface area contributed by atoms with Crippen molar-refractivity contribution >= 4 is 28.3 Å². The summed E-state index contributed by atoms with van der Waals surface area (Å²) in [6.45, 7) is 4.43. The Morgan fingerprint density at radius 2 is 1.98 bits per heavy atom. The SMILES string of the molecule is Fc1c2ncc3c(nc(OC[C@@]45CCCN4C[C@H](F)C5)nc13)N1CCCC[C@H](C1)c1cnn(n1)CCCC1C(Cl)CC3NNCC3C21. The van der Waals surface area contributed by atoms with Gasteiger partial charge < -0.3 is 9.64 Å². The number of rotatable bonds is 3. The number of halogens is 3. The Morgan fingerprint density at radius 1 is 1.04 bits per heavy atom. The van der Waals surface area contributed by atoms with Crippen LogP contribution in [0.4, 0.5) is 14.6 Å². The molecule has 5 fully saturated rings. The molecule has 2 N–H and O–H groups in total. The molecule has 6 aliphatic heterocycles. The van der Waals surface area contributed by atoms with E-state index in [2.05, 4.69) is 25.8 Å². The van der Waals surface area contributed by atoms with Gasteiger partial charge in [-0.15, -0.1) is 11.6 Å². The van der Waals surface area contributed by atoms with Gasteiger partial charge in [-0.1, -0.05) is 6.42 Å². The van der Waals surface area contributed by atoms with Crippen LogP contribution in [0, 0.1) is 17.7 Å². The van der Waals surface area contributed by atoms with Gasteiger partial charge in [0, 0.05) is 62.1 Å². The van der Waals surface area contributed by atoms with Gasteiger partial charge in [0.2, 0.25) is 0 Å². The maximum Gasteiger partial charge on any atom is 0.319 e. The smallest absolute Gasteiger partial charge is 0.319 e. The lowest BCUT2D eigenvalue weighted by molar-refractivity contribution is 0.107. The van der Waals surface area contributed by atoms with Gasteiger partial charge in [0.15, 0.2) is 5.82 Å². The van der Waals surface area contributed by atoms with E-state index in [1.165, 1.54) is 0 Å². The van der Waals surface area contributed by atoms with E-state index < -0.39 is 12.0 Å². The van der Waals surface area contributed by atoms with Crippen LogP contribution >= 0.6 is 11.6 Å². The number of ether oxygens (including phenoxy) is 1. The standard InChI is InChI=1S/C33H43ClF2N10O/c34-24-11-25-22(14-38-42-25)27-21(24)6-3-10-46-39-15-26(43-46)19-5-1-2-8-44(16-19)31-23-13-37-30(27)28(36)29(23)40-32(41-31)47-18-33-7-4-9-45(33)17-20(35)12-33/h13,15,19-22,24-25,27,38,42H,1-12,14,16-18H2/t19-,20-,21?,22?,24?,25?,27?,33+/m1/s1. The molecule has 0 radical (unpaired) electrons. The van der Waals surface area contributed by atoms with Gasteiger partial charge in [0.25, 0.3) is 0 Å². The summed E-state index contributed by atoms with van der Waals surface area (Å²) < 4.78 is 38.2. The highest BCUT2D eigenvalue weighted by molar-refractivity contribution is 6.21. The van der Waals surface area contributed by atoms with Crippen LogP contribution in [-0.4, -0.2) is 97.3 Å². The summed E-state index contributed by atoms with van der Waals surface area (Å²) in [5.74, 6) is 0.327. The van der Waals surface area contributed by atoms with Gasteiger partial charge >= 0.3 is 6.01 Å². The molecule has 11 nitrogen and oxygen atoms in total. The van der Waals surface area contributed by atoms with Gasteiger partial charge in [-0.3, -0.25) is 20.7 Å². The van der Waals surface area contributed by atoms with Gasteiger partial charge in [0.05, 0.1) is 35.1 Å². The zero-order valence-electron chi connectivity index (χ0n) is 26.6. The predicted octanol–water partition coefficient (Wildman–Crippen LogP) is 4.08. The van der Waals surface area contributed by atoms with Crippen LogP contribution < -0.4 is 20.5 Å². The first kappa shape index (κ1) is 30.3. The number of nitrogens with zero attached hydrogens (tertiary/aromatic N) is 8. The highest BCUT2D eigenvalue weighted by Gasteiger charge is 2.50. The van der Waals surface area contributed by atoms with Crippen LogP contribution in [0.15, 0.2) is 12.4 Å². The first-order valence-corrected chi connectivity index (χ1v) is 18.0. The Labute approximate surface area is 278 Å². The van der Waals surface area contributed by atoms with Gasteiger partial charge in [-0.05, 0) is 63.3 Å². The zero-order valence-corrected chi connectivity index (χ0v) is 27.4. The normalized spacial score (nSPS) is 35.6. The van der Waals surface area contributed by atoms with E-state index in [1.807, 2.05) is 11.0 Å². The number of anilines is 1. The number of hydrazine groups is 1. The van der Waals surface area contributed by atoms with Crippen LogP contribution in [0.1, 0.15) is 81.0 Å². The lowest BCUT2D eigenvalue weighted by Gasteiger charge is -2.42. The molecule has 7 aliphatic rings. The average Bonchev–Trinajstić information content (AvgIpc) is 3.82. The number of pyridine rings is 1. The third kappa shape index (κ3) is 5.27. The maximum atomic E-state index is 17.2. The molecule has 4 saturated heterocycles. The largest absolute Gasteiger partial charge is 0.461 e. The molecular formula is C33H43ClF2N10O. The van der Waals surface area contributed by atoms with Crippen molar-refractivity contribution in [1.29, 1.82) is 0 Å². The highest BCUT2D eigenvalue weighted by Crippen LogP contribution is 2.48. The number of aryl methyl sites for hydroxylation is 1. The molecule has 1 aliphatic carbocycles. The number of aromatic nitrogens is 6. The van der Waals surface area contributed by atoms with Crippen molar-refractivity contribution in [2.24, 2.45) is 11.8 Å². The maximum absolute atomic E-state index is 17.2. The number of fused-ring (bicyclic) bond motifs is 5. The molecule has 9 heterocycles. The summed E-state index contributed by atoms with van der Waals surface area (Å²) >= 11 is 7.13. The van der Waals surface area contributed by atoms with Crippen molar-refractivity contribution in [2.45, 2.75) is 99.3 Å². The number of hydrogen-bond donors (Lipinski definition) is 2. The van der Waals surface area contributed by atoms with Crippen molar-refractivity contribution < 1.29 is 13.5 Å². The van der Waals surface area contributed by atoms with Crippen LogP contribution in [0.25, 0.3) is 10.9 Å². The van der Waals surface area contributed by atoms with E-state index in [0.717, 1.165) is 70.2 Å². The number of alkyl halides is 2. The van der Waals surface area contributed by atoms with Crippen LogP contribution in [0.3, 0.4) is 0 Å². The lowest BCUT2D eigenvalue weighted by atomic mass is 9.66. The number of nitrogens with one attached hydrogen (secondary N) is 2. The third-order valence-corrected chi connectivity index (χ3v) is 12.6. The number of hydrogen-bond acceptors (Lipinski definition) is 10. The highest BCUT2D eigenvalue weighted by atomic mass is 35.5. The Bertz CT molecular complexity index is 1640. The second-order valence-corrected chi connectivity index (χ2v) is 15.4. The van der Waals surface area contributed by atoms with Crippen molar-refractivity contribution in [3.63, 3.8) is 0 Å². The molecule has 47 heavy (non-hydrogen) atoms. The van der Waals surface area contributed by atoms with Crippen LogP contribution in [0.5, 0.6) is 6.01 Å². The Kier molecular flexibility index (Phi) is 7.74. The van der Waals surface area contributed by atoms with E-state index >= 15 is 4.39 Å².